The summed E-state index contributed by atoms with van der Waals surface area (Å²) in [4.78, 5) is 28.0. The highest BCUT2D eigenvalue weighted by atomic mass is 35.5. The molecule has 0 unspecified atom stereocenters. The zero-order chi connectivity index (χ0) is 32.1. The third-order valence-corrected chi connectivity index (χ3v) is 9.73. The summed E-state index contributed by atoms with van der Waals surface area (Å²) in [5, 5.41) is 9.96. The summed E-state index contributed by atoms with van der Waals surface area (Å²) in [6.07, 6.45) is 17.6. The lowest BCUT2D eigenvalue weighted by Crippen LogP contribution is -2.49. The number of hydrogen-bond acceptors (Lipinski definition) is 5. The largest absolute Gasteiger partial charge is 0.497 e. The van der Waals surface area contributed by atoms with Gasteiger partial charge in [0.1, 0.15) is 5.75 Å². The summed E-state index contributed by atoms with van der Waals surface area (Å²) < 4.78 is 11.5. The molecule has 10 heteroatoms. The second-order valence-electron chi connectivity index (χ2n) is 11.1. The van der Waals surface area contributed by atoms with Crippen molar-refractivity contribution in [2.75, 3.05) is 13.7 Å². The average molecular weight is 688 g/mol. The number of hydrogen-bond donors (Lipinski definition) is 1. The number of aliphatic hydroxyl groups is 1. The van der Waals surface area contributed by atoms with E-state index >= 15 is 0 Å². The van der Waals surface area contributed by atoms with Crippen LogP contribution in [0.15, 0.2) is 36.4 Å². The van der Waals surface area contributed by atoms with Gasteiger partial charge in [0.25, 0.3) is 11.8 Å². The van der Waals surface area contributed by atoms with Crippen LogP contribution in [0.25, 0.3) is 0 Å². The first-order chi connectivity index (χ1) is 21.3. The van der Waals surface area contributed by atoms with Crippen molar-refractivity contribution in [3.8, 4) is 5.75 Å². The first-order valence-electron chi connectivity index (χ1n) is 15.5. The van der Waals surface area contributed by atoms with E-state index in [9.17, 15) is 14.7 Å². The summed E-state index contributed by atoms with van der Waals surface area (Å²) >= 11 is 25.1. The van der Waals surface area contributed by atoms with E-state index in [1.54, 1.807) is 7.11 Å². The molecule has 0 aliphatic carbocycles. The molecule has 1 N–H and O–H groups in total. The van der Waals surface area contributed by atoms with Gasteiger partial charge in [-0.3, -0.25) is 14.5 Å². The van der Waals surface area contributed by atoms with Gasteiger partial charge in [0.15, 0.2) is 0 Å². The van der Waals surface area contributed by atoms with Crippen LogP contribution in [0, 0.1) is 0 Å². The van der Waals surface area contributed by atoms with Gasteiger partial charge in [0, 0.05) is 0 Å². The van der Waals surface area contributed by atoms with Crippen LogP contribution < -0.4 is 4.74 Å². The van der Waals surface area contributed by atoms with Crippen molar-refractivity contribution in [3.05, 3.63) is 73.2 Å². The highest BCUT2D eigenvalue weighted by Gasteiger charge is 2.46. The summed E-state index contributed by atoms with van der Waals surface area (Å²) in [5.41, 5.74) is 0.597. The molecule has 6 nitrogen and oxygen atoms in total. The van der Waals surface area contributed by atoms with E-state index in [-0.39, 0.29) is 37.8 Å². The fourth-order valence-electron chi connectivity index (χ4n) is 5.37. The molecular formula is C34H43Cl4NO5. The van der Waals surface area contributed by atoms with Crippen molar-refractivity contribution in [2.24, 2.45) is 0 Å². The molecular weight excluding hydrogens is 644 g/mol. The fourth-order valence-corrected chi connectivity index (χ4v) is 6.38. The van der Waals surface area contributed by atoms with Crippen LogP contribution in [-0.2, 0) is 11.3 Å². The standard InChI is InChI=1S/C34H43Cl4NO5/c1-3-4-5-6-7-8-9-10-11-12-13-14-15-16-26(44-22-23-17-19-24(43-2)20-18-23)25(21-40)39-33(41)27-28(34(39)42)30(36)32(38)31(37)29(27)35/h15-20,25-26,40H,3-14,21-22H2,1-2H3/b16-15-/t25-,26-/m0/s1. The van der Waals surface area contributed by atoms with Crippen LogP contribution in [0.2, 0.25) is 20.1 Å². The van der Waals surface area contributed by atoms with Gasteiger partial charge in [-0.1, -0.05) is 142 Å². The van der Waals surface area contributed by atoms with Gasteiger partial charge >= 0.3 is 0 Å². The number of unbranched alkanes of at least 4 members (excludes halogenated alkanes) is 11. The highest BCUT2D eigenvalue weighted by molar-refractivity contribution is 6.55. The number of rotatable bonds is 20. The summed E-state index contributed by atoms with van der Waals surface area (Å²) in [6, 6.07) is 6.33. The van der Waals surface area contributed by atoms with Gasteiger partial charge in [0.05, 0.1) is 63.7 Å². The molecule has 1 aliphatic heterocycles. The number of benzene rings is 2. The molecule has 0 aromatic heterocycles. The molecule has 2 aromatic carbocycles. The monoisotopic (exact) mass is 685 g/mol. The Bertz CT molecular complexity index is 1220. The number of allylic oxidation sites excluding steroid dienone is 1. The number of ether oxygens (including phenoxy) is 2. The van der Waals surface area contributed by atoms with E-state index < -0.39 is 30.6 Å². The van der Waals surface area contributed by atoms with Gasteiger partial charge in [-0.15, -0.1) is 0 Å². The molecule has 0 saturated carbocycles. The first kappa shape index (κ1) is 36.7. The van der Waals surface area contributed by atoms with Crippen LogP contribution in [-0.4, -0.2) is 47.7 Å². The lowest BCUT2D eigenvalue weighted by Gasteiger charge is -2.30. The van der Waals surface area contributed by atoms with E-state index in [1.165, 1.54) is 57.8 Å². The second-order valence-corrected chi connectivity index (χ2v) is 12.6. The van der Waals surface area contributed by atoms with Gasteiger partial charge in [0.2, 0.25) is 0 Å². The number of methoxy groups -OCH3 is 1. The molecule has 242 valence electrons. The van der Waals surface area contributed by atoms with Crippen LogP contribution in [0.3, 0.4) is 0 Å². The van der Waals surface area contributed by atoms with E-state index in [0.29, 0.717) is 5.75 Å². The first-order valence-corrected chi connectivity index (χ1v) is 17.0. The molecule has 0 radical (unpaired) electrons. The Balaban J connectivity index is 1.67. The highest BCUT2D eigenvalue weighted by Crippen LogP contribution is 2.45. The molecule has 2 amide bonds. The van der Waals surface area contributed by atoms with Crippen LogP contribution in [0.4, 0.5) is 0 Å². The van der Waals surface area contributed by atoms with Crippen molar-refractivity contribution in [3.63, 3.8) is 0 Å². The zero-order valence-corrected chi connectivity index (χ0v) is 28.6. The normalized spacial score (nSPS) is 14.5. The second kappa shape index (κ2) is 19.0. The molecule has 1 heterocycles. The van der Waals surface area contributed by atoms with Crippen molar-refractivity contribution >= 4 is 58.2 Å². The van der Waals surface area contributed by atoms with E-state index in [1.807, 2.05) is 36.4 Å². The third-order valence-electron chi connectivity index (χ3n) is 7.93. The number of nitrogens with zero attached hydrogens (tertiary/aromatic N) is 1. The molecule has 0 saturated heterocycles. The van der Waals surface area contributed by atoms with Crippen LogP contribution in [0.5, 0.6) is 5.75 Å². The predicted octanol–water partition coefficient (Wildman–Crippen LogP) is 10.1. The summed E-state index contributed by atoms with van der Waals surface area (Å²) in [6.45, 7) is 1.87. The summed E-state index contributed by atoms with van der Waals surface area (Å²) in [7, 11) is 1.59. The Morgan fingerprint density at radius 3 is 1.75 bits per heavy atom. The molecule has 0 bridgehead atoms. The van der Waals surface area contributed by atoms with Crippen molar-refractivity contribution in [2.45, 2.75) is 103 Å². The van der Waals surface area contributed by atoms with Gasteiger partial charge in [-0.05, 0) is 30.5 Å². The number of aliphatic hydroxyl groups excluding tert-OH is 1. The maximum atomic E-state index is 13.5. The quantitative estimate of drug-likeness (QED) is 0.0493. The Labute approximate surface area is 281 Å². The molecule has 2 atom stereocenters. The maximum absolute atomic E-state index is 13.5. The Morgan fingerprint density at radius 1 is 0.773 bits per heavy atom. The molecule has 44 heavy (non-hydrogen) atoms. The number of imide groups is 1. The molecule has 2 aromatic rings. The van der Waals surface area contributed by atoms with Gasteiger partial charge < -0.3 is 14.6 Å². The van der Waals surface area contributed by atoms with Crippen molar-refractivity contribution in [1.29, 1.82) is 0 Å². The number of carbonyl (C=O) groups excluding carboxylic acids is 2. The lowest BCUT2D eigenvalue weighted by molar-refractivity contribution is -0.00674. The third kappa shape index (κ3) is 9.60. The molecule has 0 fully saturated rings. The molecule has 0 spiro atoms. The van der Waals surface area contributed by atoms with E-state index in [2.05, 4.69) is 6.92 Å². The Morgan fingerprint density at radius 2 is 1.27 bits per heavy atom. The van der Waals surface area contributed by atoms with Gasteiger partial charge in [-0.25, -0.2) is 0 Å². The van der Waals surface area contributed by atoms with Gasteiger partial charge in [-0.2, -0.15) is 0 Å². The number of fused-ring (bicyclic) bond motifs is 1. The Kier molecular flexibility index (Phi) is 15.8. The summed E-state index contributed by atoms with van der Waals surface area (Å²) in [5.74, 6) is -0.722. The fraction of sp³-hybridized carbons (Fsp3) is 0.529. The molecule has 1 aliphatic rings. The topological polar surface area (TPSA) is 76.1 Å². The zero-order valence-electron chi connectivity index (χ0n) is 25.6. The van der Waals surface area contributed by atoms with Crippen molar-refractivity contribution in [1.82, 2.24) is 4.90 Å². The van der Waals surface area contributed by atoms with E-state index in [4.69, 9.17) is 55.9 Å². The van der Waals surface area contributed by atoms with E-state index in [0.717, 1.165) is 29.7 Å². The number of amides is 2. The minimum Gasteiger partial charge on any atom is -0.497 e. The number of carbonyl (C=O) groups is 2. The lowest BCUT2D eigenvalue weighted by atomic mass is 10.0. The van der Waals surface area contributed by atoms with Crippen LogP contribution in [0.1, 0.15) is 110 Å². The SMILES string of the molecule is CCCCCCCCCCCCC/C=C\[C@H](OCc1ccc(OC)cc1)[C@H](CO)N1C(=O)c2c(Cl)c(Cl)c(Cl)c(Cl)c2C1=O. The molecule has 3 rings (SSSR count). The van der Waals surface area contributed by atoms with Crippen LogP contribution >= 0.6 is 46.4 Å². The average Bonchev–Trinajstić information content (AvgIpc) is 3.29. The number of halogens is 4. The van der Waals surface area contributed by atoms with Crippen molar-refractivity contribution < 1.29 is 24.2 Å². The predicted molar refractivity (Wildman–Crippen MR) is 180 cm³/mol. The Hall–Kier alpha value is -1.80. The minimum atomic E-state index is -1.04. The minimum absolute atomic E-state index is 0.111. The smallest absolute Gasteiger partial charge is 0.263 e. The maximum Gasteiger partial charge on any atom is 0.263 e.